The van der Waals surface area contributed by atoms with E-state index in [1.807, 2.05) is 24.3 Å². The minimum absolute atomic E-state index is 0.312. The number of methoxy groups -OCH3 is 1. The zero-order chi connectivity index (χ0) is 15.5. The van der Waals surface area contributed by atoms with E-state index in [9.17, 15) is 8.42 Å². The summed E-state index contributed by atoms with van der Waals surface area (Å²) in [4.78, 5) is 0. The summed E-state index contributed by atoms with van der Waals surface area (Å²) in [5.41, 5.74) is 1.20. The maximum atomic E-state index is 11.6. The van der Waals surface area contributed by atoms with Gasteiger partial charge >= 0.3 is 0 Å². The smallest absolute Gasteiger partial charge is 0.211 e. The number of ether oxygens (including phenoxy) is 1. The third kappa shape index (κ3) is 4.43. The van der Waals surface area contributed by atoms with Crippen molar-refractivity contribution >= 4 is 10.0 Å². The molecular formula is C15H24N2O3S. The van der Waals surface area contributed by atoms with Crippen molar-refractivity contribution in [3.63, 3.8) is 0 Å². The van der Waals surface area contributed by atoms with Crippen LogP contribution in [0.1, 0.15) is 18.9 Å². The van der Waals surface area contributed by atoms with Crippen LogP contribution in [-0.2, 0) is 16.6 Å². The molecule has 21 heavy (non-hydrogen) atoms. The highest BCUT2D eigenvalue weighted by Crippen LogP contribution is 2.19. The Labute approximate surface area is 127 Å². The number of sulfonamides is 1. The average molecular weight is 312 g/mol. The van der Waals surface area contributed by atoms with E-state index in [2.05, 4.69) is 12.2 Å². The molecule has 1 fully saturated rings. The highest BCUT2D eigenvalue weighted by atomic mass is 32.2. The first-order valence-electron chi connectivity index (χ1n) is 7.21. The molecule has 0 aromatic heterocycles. The molecule has 1 saturated heterocycles. The third-order valence-corrected chi connectivity index (χ3v) is 5.33. The first-order chi connectivity index (χ1) is 9.90. The van der Waals surface area contributed by atoms with Crippen molar-refractivity contribution in [2.24, 2.45) is 5.92 Å². The molecule has 0 bridgehead atoms. The summed E-state index contributed by atoms with van der Waals surface area (Å²) in [6, 6.07) is 8.34. The first kappa shape index (κ1) is 16.3. The quantitative estimate of drug-likeness (QED) is 0.894. The lowest BCUT2D eigenvalue weighted by Crippen LogP contribution is -2.49. The van der Waals surface area contributed by atoms with Gasteiger partial charge in [-0.15, -0.1) is 0 Å². The van der Waals surface area contributed by atoms with E-state index < -0.39 is 10.0 Å². The second kappa shape index (κ2) is 6.77. The van der Waals surface area contributed by atoms with Gasteiger partial charge in [0.25, 0.3) is 0 Å². The number of rotatable bonds is 5. The number of benzene rings is 1. The summed E-state index contributed by atoms with van der Waals surface area (Å²) in [6.45, 7) is 4.09. The van der Waals surface area contributed by atoms with Gasteiger partial charge in [-0.3, -0.25) is 0 Å². The van der Waals surface area contributed by atoms with E-state index in [0.29, 0.717) is 25.0 Å². The van der Waals surface area contributed by atoms with Gasteiger partial charge in [0, 0.05) is 25.7 Å². The predicted molar refractivity (Wildman–Crippen MR) is 83.8 cm³/mol. The highest BCUT2D eigenvalue weighted by molar-refractivity contribution is 7.88. The monoisotopic (exact) mass is 312 g/mol. The Morgan fingerprint density at radius 2 is 2.00 bits per heavy atom. The summed E-state index contributed by atoms with van der Waals surface area (Å²) in [7, 11) is -1.41. The van der Waals surface area contributed by atoms with Crippen LogP contribution in [0.5, 0.6) is 5.75 Å². The van der Waals surface area contributed by atoms with Crippen LogP contribution < -0.4 is 10.1 Å². The molecule has 5 nitrogen and oxygen atoms in total. The fraction of sp³-hybridized carbons (Fsp3) is 0.600. The molecule has 0 aliphatic carbocycles. The zero-order valence-corrected chi connectivity index (χ0v) is 13.7. The first-order valence-corrected chi connectivity index (χ1v) is 9.06. The molecule has 1 aliphatic heterocycles. The number of hydrogen-bond acceptors (Lipinski definition) is 4. The molecule has 2 atom stereocenters. The Balaban J connectivity index is 1.86. The van der Waals surface area contributed by atoms with Crippen molar-refractivity contribution in [1.29, 1.82) is 0 Å². The number of hydrogen-bond donors (Lipinski definition) is 1. The molecule has 6 heteroatoms. The molecular weight excluding hydrogens is 288 g/mol. The zero-order valence-electron chi connectivity index (χ0n) is 12.9. The van der Waals surface area contributed by atoms with Gasteiger partial charge in [0.05, 0.1) is 13.4 Å². The van der Waals surface area contributed by atoms with Gasteiger partial charge in [-0.05, 0) is 30.0 Å². The SMILES string of the molecule is COc1ccc(CN[C@@H]2CCN(S(C)(=O)=O)C[C@@H]2C)cc1. The van der Waals surface area contributed by atoms with Gasteiger partial charge in [0.1, 0.15) is 5.75 Å². The van der Waals surface area contributed by atoms with Crippen LogP contribution in [0.4, 0.5) is 0 Å². The van der Waals surface area contributed by atoms with Crippen molar-refractivity contribution in [2.45, 2.75) is 25.9 Å². The molecule has 118 valence electrons. The van der Waals surface area contributed by atoms with E-state index in [1.54, 1.807) is 11.4 Å². The van der Waals surface area contributed by atoms with E-state index in [-0.39, 0.29) is 0 Å². The molecule has 0 saturated carbocycles. The van der Waals surface area contributed by atoms with Gasteiger partial charge in [0.2, 0.25) is 10.0 Å². The van der Waals surface area contributed by atoms with Gasteiger partial charge < -0.3 is 10.1 Å². The molecule has 0 radical (unpaired) electrons. The van der Waals surface area contributed by atoms with Crippen LogP contribution in [0.25, 0.3) is 0 Å². The molecule has 1 aromatic rings. The Bertz CT molecular complexity index is 557. The van der Waals surface area contributed by atoms with Crippen LogP contribution in [0.15, 0.2) is 24.3 Å². The lowest BCUT2D eigenvalue weighted by atomic mass is 9.95. The van der Waals surface area contributed by atoms with Crippen molar-refractivity contribution in [2.75, 3.05) is 26.5 Å². The largest absolute Gasteiger partial charge is 0.497 e. The van der Waals surface area contributed by atoms with Crippen LogP contribution in [-0.4, -0.2) is 45.2 Å². The summed E-state index contributed by atoms with van der Waals surface area (Å²) >= 11 is 0. The third-order valence-electron chi connectivity index (χ3n) is 4.06. The molecule has 1 aromatic carbocycles. The minimum Gasteiger partial charge on any atom is -0.497 e. The van der Waals surface area contributed by atoms with Gasteiger partial charge in [-0.1, -0.05) is 19.1 Å². The van der Waals surface area contributed by atoms with Crippen molar-refractivity contribution < 1.29 is 13.2 Å². The molecule has 1 N–H and O–H groups in total. The summed E-state index contributed by atoms with van der Waals surface area (Å²) in [5, 5.41) is 3.53. The summed E-state index contributed by atoms with van der Waals surface area (Å²) in [6.07, 6.45) is 2.13. The Kier molecular flexibility index (Phi) is 5.24. The topological polar surface area (TPSA) is 58.6 Å². The standard InChI is InChI=1S/C15H24N2O3S/c1-12-11-17(21(3,18)19)9-8-15(12)16-10-13-4-6-14(20-2)7-5-13/h4-7,12,15-16H,8-11H2,1-3H3/t12-,15+/m0/s1. The summed E-state index contributed by atoms with van der Waals surface area (Å²) in [5.74, 6) is 1.17. The van der Waals surface area contributed by atoms with Crippen molar-refractivity contribution in [3.05, 3.63) is 29.8 Å². The number of nitrogens with zero attached hydrogens (tertiary/aromatic N) is 1. The molecule has 0 amide bonds. The van der Waals surface area contributed by atoms with Crippen LogP contribution >= 0.6 is 0 Å². The summed E-state index contributed by atoms with van der Waals surface area (Å²) < 4.78 is 29.9. The van der Waals surface area contributed by atoms with Crippen LogP contribution in [0, 0.1) is 5.92 Å². The predicted octanol–water partition coefficient (Wildman–Crippen LogP) is 1.45. The van der Waals surface area contributed by atoms with E-state index in [0.717, 1.165) is 18.7 Å². The average Bonchev–Trinajstić information content (AvgIpc) is 2.45. The van der Waals surface area contributed by atoms with E-state index >= 15 is 0 Å². The normalized spacial score (nSPS) is 24.0. The number of nitrogens with one attached hydrogen (secondary N) is 1. The molecule has 1 heterocycles. The second-order valence-electron chi connectivity index (χ2n) is 5.72. The lowest BCUT2D eigenvalue weighted by Gasteiger charge is -2.36. The highest BCUT2D eigenvalue weighted by Gasteiger charge is 2.29. The molecule has 1 aliphatic rings. The maximum Gasteiger partial charge on any atom is 0.211 e. The minimum atomic E-state index is -3.07. The van der Waals surface area contributed by atoms with E-state index in [4.69, 9.17) is 4.74 Å². The molecule has 0 unspecified atom stereocenters. The Morgan fingerprint density at radius 1 is 1.33 bits per heavy atom. The molecule has 2 rings (SSSR count). The van der Waals surface area contributed by atoms with Gasteiger partial charge in [-0.25, -0.2) is 12.7 Å². The Morgan fingerprint density at radius 3 is 2.52 bits per heavy atom. The maximum absolute atomic E-state index is 11.6. The second-order valence-corrected chi connectivity index (χ2v) is 7.70. The fourth-order valence-electron chi connectivity index (χ4n) is 2.70. The lowest BCUT2D eigenvalue weighted by molar-refractivity contribution is 0.220. The Hall–Kier alpha value is -1.11. The van der Waals surface area contributed by atoms with Gasteiger partial charge in [0.15, 0.2) is 0 Å². The van der Waals surface area contributed by atoms with E-state index in [1.165, 1.54) is 11.8 Å². The van der Waals surface area contributed by atoms with Crippen LogP contribution in [0.2, 0.25) is 0 Å². The van der Waals surface area contributed by atoms with Crippen molar-refractivity contribution in [1.82, 2.24) is 9.62 Å². The van der Waals surface area contributed by atoms with Crippen LogP contribution in [0.3, 0.4) is 0 Å². The fourth-order valence-corrected chi connectivity index (χ4v) is 3.65. The van der Waals surface area contributed by atoms with Gasteiger partial charge in [-0.2, -0.15) is 0 Å². The van der Waals surface area contributed by atoms with Crippen molar-refractivity contribution in [3.8, 4) is 5.75 Å². The number of piperidine rings is 1. The molecule has 0 spiro atoms.